The summed E-state index contributed by atoms with van der Waals surface area (Å²) in [5.41, 5.74) is 15.8. The molecule has 1 aliphatic rings. The number of carbonyl (C=O) groups is 2. The van der Waals surface area contributed by atoms with Gasteiger partial charge in [-0.2, -0.15) is 4.99 Å². The number of nitrogens with one attached hydrogen (secondary N) is 1. The number of aliphatic imine (C=N–C) groups is 1. The van der Waals surface area contributed by atoms with Gasteiger partial charge >= 0.3 is 0 Å². The second-order valence-electron chi connectivity index (χ2n) is 11.7. The number of nitrogens with two attached hydrogens (primary N) is 1. The molecule has 198 valence electrons. The molecular weight excluding hydrogens is 462 g/mol. The van der Waals surface area contributed by atoms with Crippen molar-refractivity contribution in [1.82, 2.24) is 4.90 Å². The summed E-state index contributed by atoms with van der Waals surface area (Å²) in [6.07, 6.45) is 5.19. The normalized spacial score (nSPS) is 18.5. The zero-order valence-electron chi connectivity index (χ0n) is 22.8. The molecular formula is C30H41N5O2. The van der Waals surface area contributed by atoms with Gasteiger partial charge in [-0.3, -0.25) is 9.59 Å². The third-order valence-electron chi connectivity index (χ3n) is 7.35. The van der Waals surface area contributed by atoms with Crippen LogP contribution in [0, 0.1) is 22.8 Å². The quantitative estimate of drug-likeness (QED) is 0.251. The number of hydrogen-bond donors (Lipinski definition) is 2. The van der Waals surface area contributed by atoms with Crippen LogP contribution < -0.4 is 5.73 Å². The lowest BCUT2D eigenvalue weighted by Gasteiger charge is -2.41. The zero-order valence-corrected chi connectivity index (χ0v) is 22.8. The third kappa shape index (κ3) is 7.81. The summed E-state index contributed by atoms with van der Waals surface area (Å²) in [6.45, 7) is 11.8. The molecule has 0 aromatic heterocycles. The van der Waals surface area contributed by atoms with E-state index in [-0.39, 0.29) is 23.3 Å². The maximum atomic E-state index is 13.8. The number of guanidine groups is 1. The third-order valence-corrected chi connectivity index (χ3v) is 7.35. The highest BCUT2D eigenvalue weighted by molar-refractivity contribution is 6.02. The van der Waals surface area contributed by atoms with E-state index in [1.54, 1.807) is 12.1 Å². The van der Waals surface area contributed by atoms with Crippen LogP contribution in [0.1, 0.15) is 92.1 Å². The molecule has 0 saturated heterocycles. The van der Waals surface area contributed by atoms with Crippen LogP contribution in [0.15, 0.2) is 58.6 Å². The Kier molecular flexibility index (Phi) is 9.35. The Bertz CT molecular complexity index is 1110. The standard InChI is InChI=1S/C30H41N5O2/c1-20(2)18-21-6-12-24(13-7-21)28(37)35(26-16-14-25(15-17-26)30(3,4)5)19-22-8-10-23(11-9-22)27(36)33-29(31)34-32/h6-13,20,25-26,32H,14-19H2,1-5H3,(H2,31,33,36). The fourth-order valence-corrected chi connectivity index (χ4v) is 5.18. The van der Waals surface area contributed by atoms with Crippen LogP contribution in [0.5, 0.6) is 0 Å². The Balaban J connectivity index is 1.82. The van der Waals surface area contributed by atoms with Crippen molar-refractivity contribution >= 4 is 17.8 Å². The fourth-order valence-electron chi connectivity index (χ4n) is 5.18. The van der Waals surface area contributed by atoms with Crippen LogP contribution >= 0.6 is 0 Å². The van der Waals surface area contributed by atoms with Crippen molar-refractivity contribution in [3.8, 4) is 0 Å². The smallest absolute Gasteiger partial charge is 0.280 e. The molecule has 0 radical (unpaired) electrons. The van der Waals surface area contributed by atoms with Crippen molar-refractivity contribution in [2.75, 3.05) is 0 Å². The average Bonchev–Trinajstić information content (AvgIpc) is 2.87. The molecule has 3 N–H and O–H groups in total. The lowest BCUT2D eigenvalue weighted by Crippen LogP contribution is -2.43. The molecule has 2 amide bonds. The Labute approximate surface area is 221 Å². The van der Waals surface area contributed by atoms with Crippen LogP contribution in [0.2, 0.25) is 0 Å². The first-order valence-electron chi connectivity index (χ1n) is 13.2. The van der Waals surface area contributed by atoms with E-state index in [0.29, 0.717) is 29.5 Å². The molecule has 2 aromatic carbocycles. The molecule has 0 bridgehead atoms. The molecule has 0 spiro atoms. The van der Waals surface area contributed by atoms with Gasteiger partial charge in [0.2, 0.25) is 5.96 Å². The van der Waals surface area contributed by atoms with Crippen molar-refractivity contribution in [3.05, 3.63) is 70.8 Å². The van der Waals surface area contributed by atoms with Crippen molar-refractivity contribution in [1.29, 1.82) is 5.53 Å². The van der Waals surface area contributed by atoms with E-state index in [4.69, 9.17) is 11.3 Å². The molecule has 3 rings (SSSR count). The predicted molar refractivity (Wildman–Crippen MR) is 148 cm³/mol. The van der Waals surface area contributed by atoms with Crippen LogP contribution in [0.4, 0.5) is 0 Å². The first-order valence-corrected chi connectivity index (χ1v) is 13.2. The van der Waals surface area contributed by atoms with Crippen LogP contribution in [0.3, 0.4) is 0 Å². The van der Waals surface area contributed by atoms with E-state index in [1.807, 2.05) is 29.2 Å². The second kappa shape index (κ2) is 12.3. The molecule has 2 aromatic rings. The maximum Gasteiger partial charge on any atom is 0.280 e. The molecule has 37 heavy (non-hydrogen) atoms. The van der Waals surface area contributed by atoms with Crippen LogP contribution in [-0.2, 0) is 13.0 Å². The fraction of sp³-hybridized carbons (Fsp3) is 0.500. The summed E-state index contributed by atoms with van der Waals surface area (Å²) in [6, 6.07) is 15.3. The van der Waals surface area contributed by atoms with E-state index in [9.17, 15) is 9.59 Å². The maximum absolute atomic E-state index is 13.8. The largest absolute Gasteiger partial charge is 0.366 e. The van der Waals surface area contributed by atoms with E-state index >= 15 is 0 Å². The lowest BCUT2D eigenvalue weighted by molar-refractivity contribution is 0.0530. The molecule has 0 aliphatic heterocycles. The van der Waals surface area contributed by atoms with Crippen LogP contribution in [-0.4, -0.2) is 28.7 Å². The van der Waals surface area contributed by atoms with Gasteiger partial charge in [-0.15, -0.1) is 5.11 Å². The highest BCUT2D eigenvalue weighted by Crippen LogP contribution is 2.39. The number of benzene rings is 2. The minimum absolute atomic E-state index is 0.0462. The Morgan fingerprint density at radius 3 is 2.00 bits per heavy atom. The lowest BCUT2D eigenvalue weighted by atomic mass is 9.71. The number of nitrogens with zero attached hydrogens (tertiary/aromatic N) is 3. The first kappa shape index (κ1) is 28.2. The van der Waals surface area contributed by atoms with E-state index < -0.39 is 5.91 Å². The minimum atomic E-state index is -0.546. The van der Waals surface area contributed by atoms with Gasteiger partial charge in [0.15, 0.2) is 0 Å². The van der Waals surface area contributed by atoms with Gasteiger partial charge in [0.25, 0.3) is 11.8 Å². The zero-order chi connectivity index (χ0) is 27.2. The van der Waals surface area contributed by atoms with Gasteiger partial charge < -0.3 is 10.6 Å². The molecule has 1 fully saturated rings. The number of rotatable bonds is 7. The minimum Gasteiger partial charge on any atom is -0.366 e. The van der Waals surface area contributed by atoms with Crippen molar-refractivity contribution in [2.45, 2.75) is 79.3 Å². The monoisotopic (exact) mass is 503 g/mol. The van der Waals surface area contributed by atoms with Crippen molar-refractivity contribution < 1.29 is 9.59 Å². The van der Waals surface area contributed by atoms with E-state index in [2.05, 4.69) is 56.9 Å². The predicted octanol–water partition coefficient (Wildman–Crippen LogP) is 6.62. The SMILES string of the molecule is CC(C)Cc1ccc(C(=O)N(Cc2ccc(C(=O)N=C(N)N=N)cc2)C2CCC(C(C)(C)C)CC2)cc1. The van der Waals surface area contributed by atoms with Crippen LogP contribution in [0.25, 0.3) is 0 Å². The molecule has 7 nitrogen and oxygen atoms in total. The van der Waals surface area contributed by atoms with Gasteiger partial charge in [0.1, 0.15) is 0 Å². The molecule has 0 unspecified atom stereocenters. The Morgan fingerprint density at radius 2 is 1.49 bits per heavy atom. The summed E-state index contributed by atoms with van der Waals surface area (Å²) in [7, 11) is 0. The number of hydrogen-bond acceptors (Lipinski definition) is 3. The van der Waals surface area contributed by atoms with Crippen molar-refractivity contribution in [2.24, 2.45) is 33.1 Å². The van der Waals surface area contributed by atoms with Crippen molar-refractivity contribution in [3.63, 3.8) is 0 Å². The van der Waals surface area contributed by atoms with E-state index in [0.717, 1.165) is 37.7 Å². The van der Waals surface area contributed by atoms with Gasteiger partial charge in [-0.05, 0) is 84.7 Å². The summed E-state index contributed by atoms with van der Waals surface area (Å²) in [4.78, 5) is 31.6. The number of amides is 2. The molecule has 1 aliphatic carbocycles. The first-order chi connectivity index (χ1) is 17.5. The summed E-state index contributed by atoms with van der Waals surface area (Å²) in [5.74, 6) is 0.343. The molecule has 0 atom stereocenters. The van der Waals surface area contributed by atoms with Gasteiger partial charge in [-0.25, -0.2) is 5.53 Å². The summed E-state index contributed by atoms with van der Waals surface area (Å²) >= 11 is 0. The molecule has 1 saturated carbocycles. The topological polar surface area (TPSA) is 112 Å². The molecule has 7 heteroatoms. The highest BCUT2D eigenvalue weighted by atomic mass is 16.2. The van der Waals surface area contributed by atoms with Gasteiger partial charge in [0, 0.05) is 23.7 Å². The summed E-state index contributed by atoms with van der Waals surface area (Å²) in [5, 5.41) is 2.96. The van der Waals surface area contributed by atoms with Gasteiger partial charge in [-0.1, -0.05) is 58.9 Å². The second-order valence-corrected chi connectivity index (χ2v) is 11.7. The van der Waals surface area contributed by atoms with E-state index in [1.165, 1.54) is 5.56 Å². The highest BCUT2D eigenvalue weighted by Gasteiger charge is 2.34. The number of carbonyl (C=O) groups excluding carboxylic acids is 2. The average molecular weight is 504 g/mol. The van der Waals surface area contributed by atoms with Gasteiger partial charge in [0.05, 0.1) is 0 Å². The molecule has 0 heterocycles. The summed E-state index contributed by atoms with van der Waals surface area (Å²) < 4.78 is 0. The Morgan fingerprint density at radius 1 is 0.946 bits per heavy atom. The Hall–Kier alpha value is -3.35.